The topological polar surface area (TPSA) is 71.2 Å². The van der Waals surface area contributed by atoms with Crippen LogP contribution >= 0.6 is 22.9 Å². The van der Waals surface area contributed by atoms with Crippen LogP contribution in [0.15, 0.2) is 18.3 Å². The van der Waals surface area contributed by atoms with Crippen molar-refractivity contribution in [3.63, 3.8) is 0 Å². The van der Waals surface area contributed by atoms with E-state index in [4.69, 9.17) is 11.6 Å². The van der Waals surface area contributed by atoms with Gasteiger partial charge in [0.2, 0.25) is 5.91 Å². The predicted octanol–water partition coefficient (Wildman–Crippen LogP) is 1.88. The number of thiophene rings is 1. The van der Waals surface area contributed by atoms with Crippen LogP contribution in [-0.4, -0.2) is 38.0 Å². The first-order chi connectivity index (χ1) is 9.75. The van der Waals surface area contributed by atoms with E-state index < -0.39 is 5.60 Å². The standard InChI is InChI=1S/C13H17ClN4O2S/c1-13(2,20)10-7-18(16-15-10)8-12(19)17(3)6-9-4-5-11(14)21-9/h4-5,7,20H,6,8H2,1-3H3. The van der Waals surface area contributed by atoms with Crippen LogP contribution in [0.4, 0.5) is 0 Å². The third-order valence-electron chi connectivity index (χ3n) is 2.91. The van der Waals surface area contributed by atoms with Gasteiger partial charge in [0.1, 0.15) is 17.8 Å². The van der Waals surface area contributed by atoms with Crippen molar-refractivity contribution in [3.8, 4) is 0 Å². The molecule has 0 aliphatic heterocycles. The number of aliphatic hydroxyl groups is 1. The second-order valence-electron chi connectivity index (χ2n) is 5.32. The lowest BCUT2D eigenvalue weighted by Gasteiger charge is -2.16. The maximum atomic E-state index is 12.1. The molecule has 0 saturated carbocycles. The minimum absolute atomic E-state index is 0.0820. The highest BCUT2D eigenvalue weighted by Gasteiger charge is 2.21. The summed E-state index contributed by atoms with van der Waals surface area (Å²) in [5, 5.41) is 17.5. The van der Waals surface area contributed by atoms with Gasteiger partial charge in [-0.05, 0) is 26.0 Å². The summed E-state index contributed by atoms with van der Waals surface area (Å²) in [7, 11) is 1.73. The monoisotopic (exact) mass is 328 g/mol. The zero-order valence-electron chi connectivity index (χ0n) is 12.1. The van der Waals surface area contributed by atoms with E-state index in [2.05, 4.69) is 10.3 Å². The number of nitrogens with zero attached hydrogens (tertiary/aromatic N) is 4. The average molecular weight is 329 g/mol. The molecule has 2 aromatic rings. The fourth-order valence-corrected chi connectivity index (χ4v) is 2.82. The van der Waals surface area contributed by atoms with Crippen LogP contribution in [0, 0.1) is 0 Å². The Kier molecular flexibility index (Phi) is 4.65. The lowest BCUT2D eigenvalue weighted by Crippen LogP contribution is -2.29. The number of halogens is 1. The molecule has 114 valence electrons. The lowest BCUT2D eigenvalue weighted by molar-refractivity contribution is -0.131. The summed E-state index contributed by atoms with van der Waals surface area (Å²) in [6.07, 6.45) is 1.58. The summed E-state index contributed by atoms with van der Waals surface area (Å²) in [4.78, 5) is 14.8. The molecule has 1 amide bonds. The molecular formula is C13H17ClN4O2S. The molecule has 0 aliphatic rings. The SMILES string of the molecule is CN(Cc1ccc(Cl)s1)C(=O)Cn1cc(C(C)(C)O)nn1. The Morgan fingerprint density at radius 3 is 2.76 bits per heavy atom. The largest absolute Gasteiger partial charge is 0.384 e. The fraction of sp³-hybridized carbons (Fsp3) is 0.462. The van der Waals surface area contributed by atoms with E-state index in [0.717, 1.165) is 4.88 Å². The van der Waals surface area contributed by atoms with Crippen LogP contribution in [0.3, 0.4) is 0 Å². The van der Waals surface area contributed by atoms with Gasteiger partial charge in [-0.2, -0.15) is 0 Å². The first kappa shape index (κ1) is 15.9. The summed E-state index contributed by atoms with van der Waals surface area (Å²) in [5.74, 6) is -0.0910. The molecular weight excluding hydrogens is 312 g/mol. The predicted molar refractivity (Wildman–Crippen MR) is 81.1 cm³/mol. The highest BCUT2D eigenvalue weighted by molar-refractivity contribution is 7.16. The lowest BCUT2D eigenvalue weighted by atomic mass is 10.1. The van der Waals surface area contributed by atoms with Gasteiger partial charge in [-0.15, -0.1) is 16.4 Å². The molecule has 2 rings (SSSR count). The third kappa shape index (κ3) is 4.26. The highest BCUT2D eigenvalue weighted by atomic mass is 35.5. The second-order valence-corrected chi connectivity index (χ2v) is 7.12. The van der Waals surface area contributed by atoms with Gasteiger partial charge in [0.05, 0.1) is 17.1 Å². The average Bonchev–Trinajstić information content (AvgIpc) is 2.98. The van der Waals surface area contributed by atoms with Crippen molar-refractivity contribution in [2.45, 2.75) is 32.5 Å². The fourth-order valence-electron chi connectivity index (χ4n) is 1.67. The van der Waals surface area contributed by atoms with Crippen LogP contribution in [-0.2, 0) is 23.5 Å². The van der Waals surface area contributed by atoms with Gasteiger partial charge in [0, 0.05) is 11.9 Å². The van der Waals surface area contributed by atoms with Gasteiger partial charge >= 0.3 is 0 Å². The molecule has 0 spiro atoms. The Bertz CT molecular complexity index is 632. The molecule has 0 fully saturated rings. The normalized spacial score (nSPS) is 11.7. The highest BCUT2D eigenvalue weighted by Crippen LogP contribution is 2.22. The minimum atomic E-state index is -1.07. The van der Waals surface area contributed by atoms with Gasteiger partial charge in [-0.1, -0.05) is 16.8 Å². The zero-order chi connectivity index (χ0) is 15.6. The van der Waals surface area contributed by atoms with Crippen LogP contribution in [0.5, 0.6) is 0 Å². The smallest absolute Gasteiger partial charge is 0.244 e. The molecule has 0 bridgehead atoms. The number of amides is 1. The molecule has 6 nitrogen and oxygen atoms in total. The first-order valence-electron chi connectivity index (χ1n) is 6.37. The van der Waals surface area contributed by atoms with Crippen molar-refractivity contribution in [2.24, 2.45) is 0 Å². The van der Waals surface area contributed by atoms with Crippen molar-refractivity contribution in [1.29, 1.82) is 0 Å². The van der Waals surface area contributed by atoms with Gasteiger partial charge in [-0.3, -0.25) is 4.79 Å². The molecule has 0 radical (unpaired) electrons. The zero-order valence-corrected chi connectivity index (χ0v) is 13.6. The minimum Gasteiger partial charge on any atom is -0.384 e. The molecule has 0 unspecified atom stereocenters. The quantitative estimate of drug-likeness (QED) is 0.909. The van der Waals surface area contributed by atoms with Crippen LogP contribution < -0.4 is 0 Å². The summed E-state index contributed by atoms with van der Waals surface area (Å²) in [6.45, 7) is 3.83. The molecule has 1 N–H and O–H groups in total. The number of likely N-dealkylation sites (N-methyl/N-ethyl adjacent to an activating group) is 1. The maximum Gasteiger partial charge on any atom is 0.244 e. The van der Waals surface area contributed by atoms with Crippen LogP contribution in [0.2, 0.25) is 4.34 Å². The van der Waals surface area contributed by atoms with E-state index in [0.29, 0.717) is 16.6 Å². The summed E-state index contributed by atoms with van der Waals surface area (Å²) in [5.41, 5.74) is -0.635. The van der Waals surface area contributed by atoms with Crippen molar-refractivity contribution in [3.05, 3.63) is 33.2 Å². The Hall–Kier alpha value is -1.44. The van der Waals surface area contributed by atoms with Gasteiger partial charge in [-0.25, -0.2) is 4.68 Å². The molecule has 8 heteroatoms. The Morgan fingerprint density at radius 2 is 2.24 bits per heavy atom. The molecule has 21 heavy (non-hydrogen) atoms. The Morgan fingerprint density at radius 1 is 1.52 bits per heavy atom. The van der Waals surface area contributed by atoms with E-state index >= 15 is 0 Å². The van der Waals surface area contributed by atoms with Crippen molar-refractivity contribution in [1.82, 2.24) is 19.9 Å². The third-order valence-corrected chi connectivity index (χ3v) is 4.13. The van der Waals surface area contributed by atoms with E-state index in [1.54, 1.807) is 32.0 Å². The molecule has 0 saturated heterocycles. The number of aromatic nitrogens is 3. The summed E-state index contributed by atoms with van der Waals surface area (Å²) >= 11 is 7.32. The van der Waals surface area contributed by atoms with Gasteiger partial charge in [0.15, 0.2) is 0 Å². The molecule has 0 atom stereocenters. The van der Waals surface area contributed by atoms with Crippen molar-refractivity contribution in [2.75, 3.05) is 7.05 Å². The summed E-state index contributed by atoms with van der Waals surface area (Å²) < 4.78 is 2.13. The number of hydrogen-bond acceptors (Lipinski definition) is 5. The van der Waals surface area contributed by atoms with Crippen LogP contribution in [0.25, 0.3) is 0 Å². The molecule has 2 heterocycles. The number of hydrogen-bond donors (Lipinski definition) is 1. The number of carbonyl (C=O) groups excluding carboxylic acids is 1. The van der Waals surface area contributed by atoms with E-state index in [-0.39, 0.29) is 12.5 Å². The second kappa shape index (κ2) is 6.13. The molecule has 2 aromatic heterocycles. The van der Waals surface area contributed by atoms with Gasteiger partial charge in [0.25, 0.3) is 0 Å². The molecule has 0 aliphatic carbocycles. The number of carbonyl (C=O) groups is 1. The van der Waals surface area contributed by atoms with E-state index in [9.17, 15) is 9.90 Å². The maximum absolute atomic E-state index is 12.1. The molecule has 0 aromatic carbocycles. The van der Waals surface area contributed by atoms with E-state index in [1.807, 2.05) is 12.1 Å². The Balaban J connectivity index is 1.96. The van der Waals surface area contributed by atoms with Gasteiger partial charge < -0.3 is 10.0 Å². The van der Waals surface area contributed by atoms with E-state index in [1.165, 1.54) is 16.0 Å². The Labute approximate surface area is 131 Å². The van der Waals surface area contributed by atoms with Crippen LogP contribution in [0.1, 0.15) is 24.4 Å². The summed E-state index contributed by atoms with van der Waals surface area (Å²) in [6, 6.07) is 3.71. The van der Waals surface area contributed by atoms with Crippen molar-refractivity contribution < 1.29 is 9.90 Å². The number of rotatable bonds is 5. The van der Waals surface area contributed by atoms with Crippen molar-refractivity contribution >= 4 is 28.8 Å². The first-order valence-corrected chi connectivity index (χ1v) is 7.56.